The molecule has 4 heteroatoms. The molecule has 0 aliphatic carbocycles. The van der Waals surface area contributed by atoms with E-state index in [4.69, 9.17) is 0 Å². The number of Topliss-reactive ketones (excluding diaryl/α,β-unsaturated/α-hetero) is 1. The predicted molar refractivity (Wildman–Crippen MR) is 87.7 cm³/mol. The van der Waals surface area contributed by atoms with Gasteiger partial charge in [-0.1, -0.05) is 22.9 Å². The molecule has 0 saturated carbocycles. The minimum atomic E-state index is 0.139. The molecule has 2 rings (SSSR count). The third kappa shape index (κ3) is 3.41. The molecule has 110 valence electrons. The number of anilines is 1. The highest BCUT2D eigenvalue weighted by atomic mass is 79.9. The van der Waals surface area contributed by atoms with Crippen LogP contribution in [0.5, 0.6) is 0 Å². The molecule has 0 bridgehead atoms. The SMILES string of the molecule is CCC1CN(C)CCCN1c1cc(Br)ccc1C(C)=O. The van der Waals surface area contributed by atoms with Gasteiger partial charge in [-0.2, -0.15) is 0 Å². The summed E-state index contributed by atoms with van der Waals surface area (Å²) < 4.78 is 1.03. The monoisotopic (exact) mass is 338 g/mol. The first-order valence-corrected chi connectivity index (χ1v) is 8.08. The molecular formula is C16H23BrN2O. The van der Waals surface area contributed by atoms with Crippen LogP contribution in [0.25, 0.3) is 0 Å². The predicted octanol–water partition coefficient (Wildman–Crippen LogP) is 3.57. The van der Waals surface area contributed by atoms with Gasteiger partial charge in [-0.05, 0) is 51.6 Å². The molecule has 1 unspecified atom stereocenters. The van der Waals surface area contributed by atoms with E-state index in [0.29, 0.717) is 6.04 Å². The Kier molecular flexibility index (Phi) is 5.22. The van der Waals surface area contributed by atoms with Crippen molar-refractivity contribution in [1.82, 2.24) is 4.90 Å². The highest BCUT2D eigenvalue weighted by molar-refractivity contribution is 9.10. The Labute approximate surface area is 130 Å². The number of benzene rings is 1. The van der Waals surface area contributed by atoms with Crippen LogP contribution in [0.4, 0.5) is 5.69 Å². The highest BCUT2D eigenvalue weighted by Crippen LogP contribution is 2.29. The molecule has 0 N–H and O–H groups in total. The van der Waals surface area contributed by atoms with E-state index in [9.17, 15) is 4.79 Å². The van der Waals surface area contributed by atoms with E-state index in [2.05, 4.69) is 45.8 Å². The molecule has 1 aromatic carbocycles. The number of nitrogens with zero attached hydrogens (tertiary/aromatic N) is 2. The number of likely N-dealkylation sites (N-methyl/N-ethyl adjacent to an activating group) is 1. The van der Waals surface area contributed by atoms with Crippen LogP contribution < -0.4 is 4.90 Å². The standard InChI is InChI=1S/C16H23BrN2O/c1-4-14-11-18(3)8-5-9-19(14)16-10-13(17)6-7-15(16)12(2)20/h6-7,10,14H,4-5,8-9,11H2,1-3H3. The summed E-state index contributed by atoms with van der Waals surface area (Å²) in [5.41, 5.74) is 1.91. The Morgan fingerprint density at radius 3 is 2.80 bits per heavy atom. The first-order valence-electron chi connectivity index (χ1n) is 7.28. The molecule has 1 heterocycles. The fourth-order valence-electron chi connectivity index (χ4n) is 2.95. The summed E-state index contributed by atoms with van der Waals surface area (Å²) in [5, 5.41) is 0. The second kappa shape index (κ2) is 6.72. The van der Waals surface area contributed by atoms with E-state index in [1.165, 1.54) is 0 Å². The molecule has 1 aliphatic rings. The maximum Gasteiger partial charge on any atom is 0.161 e. The van der Waals surface area contributed by atoms with Crippen LogP contribution in [0.15, 0.2) is 22.7 Å². The van der Waals surface area contributed by atoms with E-state index in [-0.39, 0.29) is 5.78 Å². The van der Waals surface area contributed by atoms with Gasteiger partial charge in [0.25, 0.3) is 0 Å². The van der Waals surface area contributed by atoms with Gasteiger partial charge < -0.3 is 9.80 Å². The van der Waals surface area contributed by atoms with E-state index in [0.717, 1.165) is 48.2 Å². The smallest absolute Gasteiger partial charge is 0.161 e. The van der Waals surface area contributed by atoms with Gasteiger partial charge in [0.1, 0.15) is 0 Å². The Bertz CT molecular complexity index is 489. The molecule has 1 aromatic rings. The molecule has 1 aliphatic heterocycles. The number of carbonyl (C=O) groups excluding carboxylic acids is 1. The van der Waals surface area contributed by atoms with Gasteiger partial charge in [-0.25, -0.2) is 0 Å². The number of ketones is 1. The molecule has 0 aromatic heterocycles. The van der Waals surface area contributed by atoms with Crippen molar-refractivity contribution in [2.24, 2.45) is 0 Å². The summed E-state index contributed by atoms with van der Waals surface area (Å²) >= 11 is 3.54. The normalized spacial score (nSPS) is 20.8. The molecule has 3 nitrogen and oxygen atoms in total. The van der Waals surface area contributed by atoms with Crippen LogP contribution in [-0.4, -0.2) is 43.4 Å². The lowest BCUT2D eigenvalue weighted by molar-refractivity contribution is 0.101. The number of hydrogen-bond acceptors (Lipinski definition) is 3. The molecule has 1 atom stereocenters. The van der Waals surface area contributed by atoms with Gasteiger partial charge in [0.05, 0.1) is 0 Å². The first kappa shape index (κ1) is 15.5. The van der Waals surface area contributed by atoms with Gasteiger partial charge in [0, 0.05) is 34.9 Å². The number of carbonyl (C=O) groups is 1. The summed E-state index contributed by atoms with van der Waals surface area (Å²) in [5.74, 6) is 0.139. The van der Waals surface area contributed by atoms with Crippen molar-refractivity contribution in [2.75, 3.05) is 31.6 Å². The zero-order valence-corrected chi connectivity index (χ0v) is 14.1. The average Bonchev–Trinajstić information content (AvgIpc) is 2.59. The molecule has 20 heavy (non-hydrogen) atoms. The van der Waals surface area contributed by atoms with Gasteiger partial charge in [-0.3, -0.25) is 4.79 Å². The van der Waals surface area contributed by atoms with Crippen LogP contribution in [0.3, 0.4) is 0 Å². The van der Waals surface area contributed by atoms with Gasteiger partial charge in [0.15, 0.2) is 5.78 Å². The van der Waals surface area contributed by atoms with E-state index in [1.807, 2.05) is 12.1 Å². The quantitative estimate of drug-likeness (QED) is 0.787. The van der Waals surface area contributed by atoms with Crippen molar-refractivity contribution >= 4 is 27.4 Å². The molecule has 0 spiro atoms. The third-order valence-corrected chi connectivity index (χ3v) is 4.52. The maximum absolute atomic E-state index is 11.9. The van der Waals surface area contributed by atoms with Crippen molar-refractivity contribution in [3.63, 3.8) is 0 Å². The second-order valence-electron chi connectivity index (χ2n) is 5.59. The number of rotatable bonds is 3. The summed E-state index contributed by atoms with van der Waals surface area (Å²) in [7, 11) is 2.18. The van der Waals surface area contributed by atoms with E-state index < -0.39 is 0 Å². The largest absolute Gasteiger partial charge is 0.367 e. The fourth-order valence-corrected chi connectivity index (χ4v) is 3.30. The molecule has 0 radical (unpaired) electrons. The third-order valence-electron chi connectivity index (χ3n) is 4.02. The summed E-state index contributed by atoms with van der Waals surface area (Å²) in [4.78, 5) is 16.7. The lowest BCUT2D eigenvalue weighted by atomic mass is 10.1. The molecule has 0 amide bonds. The van der Waals surface area contributed by atoms with Crippen molar-refractivity contribution in [3.8, 4) is 0 Å². The summed E-state index contributed by atoms with van der Waals surface area (Å²) in [6, 6.07) is 6.44. The zero-order chi connectivity index (χ0) is 14.7. The molecular weight excluding hydrogens is 316 g/mol. The molecule has 1 fully saturated rings. The first-order chi connectivity index (χ1) is 9.52. The van der Waals surface area contributed by atoms with Crippen molar-refractivity contribution in [1.29, 1.82) is 0 Å². The molecule has 1 saturated heterocycles. The van der Waals surface area contributed by atoms with Crippen molar-refractivity contribution in [3.05, 3.63) is 28.2 Å². The van der Waals surface area contributed by atoms with Gasteiger partial charge in [0.2, 0.25) is 0 Å². The minimum Gasteiger partial charge on any atom is -0.367 e. The van der Waals surface area contributed by atoms with Crippen LogP contribution >= 0.6 is 15.9 Å². The highest BCUT2D eigenvalue weighted by Gasteiger charge is 2.25. The van der Waals surface area contributed by atoms with Crippen molar-refractivity contribution < 1.29 is 4.79 Å². The Morgan fingerprint density at radius 2 is 2.15 bits per heavy atom. The summed E-state index contributed by atoms with van der Waals surface area (Å²) in [6.45, 7) is 7.07. The number of halogens is 1. The minimum absolute atomic E-state index is 0.139. The van der Waals surface area contributed by atoms with Crippen LogP contribution in [0.2, 0.25) is 0 Å². The Balaban J connectivity index is 2.41. The zero-order valence-electron chi connectivity index (χ0n) is 12.5. The lowest BCUT2D eigenvalue weighted by Crippen LogP contribution is -2.40. The van der Waals surface area contributed by atoms with Crippen molar-refractivity contribution in [2.45, 2.75) is 32.7 Å². The number of hydrogen-bond donors (Lipinski definition) is 0. The topological polar surface area (TPSA) is 23.6 Å². The van der Waals surface area contributed by atoms with Gasteiger partial charge in [-0.15, -0.1) is 0 Å². The van der Waals surface area contributed by atoms with Gasteiger partial charge >= 0.3 is 0 Å². The Hall–Kier alpha value is -0.870. The fraction of sp³-hybridized carbons (Fsp3) is 0.562. The maximum atomic E-state index is 11.9. The van der Waals surface area contributed by atoms with Crippen LogP contribution in [0, 0.1) is 0 Å². The van der Waals surface area contributed by atoms with E-state index >= 15 is 0 Å². The lowest BCUT2D eigenvalue weighted by Gasteiger charge is -2.33. The van der Waals surface area contributed by atoms with E-state index in [1.54, 1.807) is 6.92 Å². The van der Waals surface area contributed by atoms with Crippen LogP contribution in [-0.2, 0) is 0 Å². The van der Waals surface area contributed by atoms with Crippen LogP contribution in [0.1, 0.15) is 37.0 Å². The average molecular weight is 339 g/mol. The second-order valence-corrected chi connectivity index (χ2v) is 6.50. The summed E-state index contributed by atoms with van der Waals surface area (Å²) in [6.07, 6.45) is 2.23. The Morgan fingerprint density at radius 1 is 1.40 bits per heavy atom.